The number of methoxy groups -OCH3 is 1. The number of aliphatic hydroxyl groups is 2. The highest BCUT2D eigenvalue weighted by molar-refractivity contribution is 6.01. The summed E-state index contributed by atoms with van der Waals surface area (Å²) in [4.78, 5) is 38.4. The highest BCUT2D eigenvalue weighted by Gasteiger charge is 2.77. The molecule has 4 rings (SSSR count). The van der Waals surface area contributed by atoms with Crippen molar-refractivity contribution in [2.75, 3.05) is 13.7 Å². The molecule has 0 radical (unpaired) electrons. The summed E-state index contributed by atoms with van der Waals surface area (Å²) >= 11 is 0. The molecule has 30 heavy (non-hydrogen) atoms. The lowest BCUT2D eigenvalue weighted by atomic mass is 9.39. The Morgan fingerprint density at radius 3 is 2.43 bits per heavy atom. The van der Waals surface area contributed by atoms with Gasteiger partial charge in [0.25, 0.3) is 0 Å². The van der Waals surface area contributed by atoms with Crippen molar-refractivity contribution >= 4 is 17.5 Å². The second-order valence-electron chi connectivity index (χ2n) is 10.8. The highest BCUT2D eigenvalue weighted by Crippen LogP contribution is 2.70. The molecule has 4 saturated carbocycles. The molecule has 0 aromatic rings. The van der Waals surface area contributed by atoms with Gasteiger partial charge in [-0.05, 0) is 36.5 Å². The Bertz CT molecular complexity index is 776. The summed E-state index contributed by atoms with van der Waals surface area (Å²) in [5.74, 6) is -2.65. The van der Waals surface area contributed by atoms with Gasteiger partial charge < -0.3 is 19.7 Å². The average Bonchev–Trinajstić information content (AvgIpc) is 2.79. The normalized spacial score (nSPS) is 49.4. The monoisotopic (exact) mass is 422 g/mol. The summed E-state index contributed by atoms with van der Waals surface area (Å²) in [6, 6.07) is 0. The Hall–Kier alpha value is -1.31. The average molecular weight is 423 g/mol. The van der Waals surface area contributed by atoms with Crippen molar-refractivity contribution in [2.45, 2.75) is 71.7 Å². The van der Waals surface area contributed by atoms with Gasteiger partial charge in [-0.3, -0.25) is 14.4 Å². The quantitative estimate of drug-likeness (QED) is 0.664. The van der Waals surface area contributed by atoms with Gasteiger partial charge in [-0.25, -0.2) is 0 Å². The molecule has 0 saturated heterocycles. The molecule has 0 heterocycles. The number of carbonyl (C=O) groups excluding carboxylic acids is 3. The van der Waals surface area contributed by atoms with Gasteiger partial charge in [0.1, 0.15) is 11.9 Å². The number of hydrogen-bond acceptors (Lipinski definition) is 7. The van der Waals surface area contributed by atoms with Gasteiger partial charge in [-0.2, -0.15) is 0 Å². The molecular formula is C23H34O7. The van der Waals surface area contributed by atoms with Gasteiger partial charge in [0.05, 0.1) is 36.1 Å². The third-order valence-electron chi connectivity index (χ3n) is 9.31. The van der Waals surface area contributed by atoms with E-state index >= 15 is 0 Å². The number of ether oxygens (including phenoxy) is 2. The van der Waals surface area contributed by atoms with Gasteiger partial charge in [0.2, 0.25) is 0 Å². The Kier molecular flexibility index (Phi) is 5.00. The molecule has 7 heteroatoms. The van der Waals surface area contributed by atoms with Crippen molar-refractivity contribution in [1.82, 2.24) is 0 Å². The first-order chi connectivity index (χ1) is 13.9. The topological polar surface area (TPSA) is 110 Å². The van der Waals surface area contributed by atoms with Crippen LogP contribution in [0.1, 0.15) is 53.4 Å². The smallest absolute Gasteiger partial charge is 0.302 e. The molecular weight excluding hydrogens is 388 g/mol. The van der Waals surface area contributed by atoms with Crippen LogP contribution in [-0.2, 0) is 23.9 Å². The maximum atomic E-state index is 13.7. The minimum atomic E-state index is -1.32. The number of carbonyl (C=O) groups is 3. The zero-order valence-electron chi connectivity index (χ0n) is 18.5. The lowest BCUT2D eigenvalue weighted by molar-refractivity contribution is -0.238. The van der Waals surface area contributed by atoms with Crippen LogP contribution >= 0.6 is 0 Å². The third-order valence-corrected chi connectivity index (χ3v) is 9.31. The van der Waals surface area contributed by atoms with Gasteiger partial charge in [0.15, 0.2) is 5.78 Å². The predicted octanol–water partition coefficient (Wildman–Crippen LogP) is 1.52. The van der Waals surface area contributed by atoms with Crippen molar-refractivity contribution in [1.29, 1.82) is 0 Å². The standard InChI is InChI=1S/C23H34O7/c1-11(24)30-17-6-7-22(4)14(21(17,2)3)9-16(26)23-15(22)8-13(25)18(20(23)28)12(10-29-5)19(23)27/h12,14-18,20,26,28H,6-10H2,1-5H3. The number of Topliss-reactive ketones (excluding diaryl/α,β-unsaturated/α-hetero) is 2. The van der Waals surface area contributed by atoms with Crippen LogP contribution in [0.5, 0.6) is 0 Å². The van der Waals surface area contributed by atoms with Gasteiger partial charge in [-0.1, -0.05) is 20.8 Å². The molecule has 4 aliphatic carbocycles. The van der Waals surface area contributed by atoms with E-state index in [0.29, 0.717) is 19.3 Å². The predicted molar refractivity (Wildman–Crippen MR) is 106 cm³/mol. The Morgan fingerprint density at radius 1 is 1.17 bits per heavy atom. The van der Waals surface area contributed by atoms with E-state index in [1.54, 1.807) is 0 Å². The second kappa shape index (κ2) is 6.84. The molecule has 9 unspecified atom stereocenters. The number of aliphatic hydroxyl groups excluding tert-OH is 2. The van der Waals surface area contributed by atoms with Crippen molar-refractivity contribution in [3.05, 3.63) is 0 Å². The summed E-state index contributed by atoms with van der Waals surface area (Å²) < 4.78 is 10.8. The third kappa shape index (κ3) is 2.51. The molecule has 1 spiro atoms. The summed E-state index contributed by atoms with van der Waals surface area (Å²) in [7, 11) is 1.48. The number of ketones is 2. The van der Waals surface area contributed by atoms with Crippen LogP contribution in [0.25, 0.3) is 0 Å². The highest BCUT2D eigenvalue weighted by atomic mass is 16.5. The molecule has 7 nitrogen and oxygen atoms in total. The first kappa shape index (κ1) is 21.9. The summed E-state index contributed by atoms with van der Waals surface area (Å²) in [6.45, 7) is 7.66. The van der Waals surface area contributed by atoms with E-state index in [9.17, 15) is 24.6 Å². The molecule has 0 amide bonds. The maximum Gasteiger partial charge on any atom is 0.302 e. The van der Waals surface area contributed by atoms with Gasteiger partial charge in [0, 0.05) is 25.9 Å². The number of rotatable bonds is 3. The van der Waals surface area contributed by atoms with Crippen molar-refractivity contribution in [3.8, 4) is 0 Å². The van der Waals surface area contributed by atoms with E-state index in [1.165, 1.54) is 14.0 Å². The van der Waals surface area contributed by atoms with E-state index in [1.807, 2.05) is 13.8 Å². The number of fused-ring (bicyclic) bond motifs is 3. The molecule has 0 aliphatic heterocycles. The van der Waals surface area contributed by atoms with Crippen LogP contribution < -0.4 is 0 Å². The van der Waals surface area contributed by atoms with Gasteiger partial charge in [-0.15, -0.1) is 0 Å². The Morgan fingerprint density at radius 2 is 1.83 bits per heavy atom. The zero-order chi connectivity index (χ0) is 22.2. The van der Waals surface area contributed by atoms with E-state index in [0.717, 1.165) is 0 Å². The lowest BCUT2D eigenvalue weighted by Crippen LogP contribution is -2.69. The molecule has 2 bridgehead atoms. The van der Waals surface area contributed by atoms with E-state index < -0.39 is 46.2 Å². The number of hydrogen-bond donors (Lipinski definition) is 2. The largest absolute Gasteiger partial charge is 0.462 e. The number of esters is 1. The Labute approximate surface area is 177 Å². The van der Waals surface area contributed by atoms with Crippen LogP contribution in [0.3, 0.4) is 0 Å². The molecule has 4 aliphatic rings. The minimum absolute atomic E-state index is 0.0560. The summed E-state index contributed by atoms with van der Waals surface area (Å²) in [5, 5.41) is 22.7. The molecule has 4 fully saturated rings. The lowest BCUT2D eigenvalue weighted by Gasteiger charge is -2.65. The SMILES string of the molecule is COCC1C(=O)C23C(O)CC4C(C)(C)C(OC(C)=O)CCC4(C)C2CC(=O)C1C3O. The molecule has 168 valence electrons. The fourth-order valence-corrected chi connectivity index (χ4v) is 8.04. The van der Waals surface area contributed by atoms with E-state index in [-0.39, 0.29) is 42.6 Å². The summed E-state index contributed by atoms with van der Waals surface area (Å²) in [5.41, 5.74) is -2.18. The van der Waals surface area contributed by atoms with E-state index in [2.05, 4.69) is 6.92 Å². The molecule has 0 aromatic carbocycles. The van der Waals surface area contributed by atoms with Crippen LogP contribution in [-0.4, -0.2) is 59.8 Å². The molecule has 2 N–H and O–H groups in total. The first-order valence-electron chi connectivity index (χ1n) is 11.0. The second-order valence-corrected chi connectivity index (χ2v) is 10.8. The van der Waals surface area contributed by atoms with Crippen LogP contribution in [0.2, 0.25) is 0 Å². The minimum Gasteiger partial charge on any atom is -0.462 e. The fourth-order valence-electron chi connectivity index (χ4n) is 8.04. The van der Waals surface area contributed by atoms with Crippen molar-refractivity contribution < 1.29 is 34.1 Å². The molecule has 0 aromatic heterocycles. The van der Waals surface area contributed by atoms with Crippen LogP contribution in [0.4, 0.5) is 0 Å². The first-order valence-corrected chi connectivity index (χ1v) is 11.0. The van der Waals surface area contributed by atoms with Crippen molar-refractivity contribution in [3.63, 3.8) is 0 Å². The van der Waals surface area contributed by atoms with Crippen molar-refractivity contribution in [2.24, 2.45) is 39.9 Å². The maximum absolute atomic E-state index is 13.7. The van der Waals surface area contributed by atoms with Crippen LogP contribution in [0, 0.1) is 39.9 Å². The molecule has 9 atom stereocenters. The fraction of sp³-hybridized carbons (Fsp3) is 0.870. The Balaban J connectivity index is 1.80. The van der Waals surface area contributed by atoms with Gasteiger partial charge >= 0.3 is 5.97 Å². The van der Waals surface area contributed by atoms with E-state index in [4.69, 9.17) is 9.47 Å². The zero-order valence-corrected chi connectivity index (χ0v) is 18.5. The van der Waals surface area contributed by atoms with Crippen LogP contribution in [0.15, 0.2) is 0 Å². The summed E-state index contributed by atoms with van der Waals surface area (Å²) in [6.07, 6.45) is -0.689.